The molecule has 0 aliphatic carbocycles. The number of hydrogen-bond acceptors (Lipinski definition) is 2. The first kappa shape index (κ1) is 16.0. The number of benzene rings is 2. The monoisotopic (exact) mass is 350 g/mol. The summed E-state index contributed by atoms with van der Waals surface area (Å²) in [5, 5.41) is 3.41. The summed E-state index contributed by atoms with van der Waals surface area (Å²) in [6, 6.07) is 13.3. The first-order valence-electron chi connectivity index (χ1n) is 6.99. The highest BCUT2D eigenvalue weighted by atomic mass is 79.9. The van der Waals surface area contributed by atoms with Gasteiger partial charge in [0.15, 0.2) is 0 Å². The summed E-state index contributed by atoms with van der Waals surface area (Å²) in [6.07, 6.45) is 0. The summed E-state index contributed by atoms with van der Waals surface area (Å²) in [4.78, 5) is 1.89. The quantitative estimate of drug-likeness (QED) is 0.828. The number of nitrogens with zero attached hydrogens (tertiary/aromatic N) is 1. The van der Waals surface area contributed by atoms with Gasteiger partial charge < -0.3 is 10.2 Å². The van der Waals surface area contributed by atoms with Gasteiger partial charge in [-0.2, -0.15) is 0 Å². The molecule has 2 aromatic carbocycles. The van der Waals surface area contributed by atoms with Gasteiger partial charge in [0.2, 0.25) is 0 Å². The summed E-state index contributed by atoms with van der Waals surface area (Å²) in [5.41, 5.74) is 2.70. The van der Waals surface area contributed by atoms with E-state index in [1.807, 2.05) is 30.1 Å². The predicted octanol–water partition coefficient (Wildman–Crippen LogP) is 4.85. The van der Waals surface area contributed by atoms with Crippen LogP contribution in [0.15, 0.2) is 46.9 Å². The molecule has 21 heavy (non-hydrogen) atoms. The lowest BCUT2D eigenvalue weighted by atomic mass is 10.1. The second-order valence-corrected chi connectivity index (χ2v) is 6.23. The van der Waals surface area contributed by atoms with Crippen molar-refractivity contribution in [1.82, 2.24) is 5.32 Å². The molecule has 0 radical (unpaired) electrons. The summed E-state index contributed by atoms with van der Waals surface area (Å²) >= 11 is 3.50. The van der Waals surface area contributed by atoms with Crippen molar-refractivity contribution in [3.05, 3.63) is 58.3 Å². The van der Waals surface area contributed by atoms with Crippen molar-refractivity contribution in [3.63, 3.8) is 0 Å². The van der Waals surface area contributed by atoms with Gasteiger partial charge in [-0.15, -0.1) is 0 Å². The van der Waals surface area contributed by atoms with E-state index in [0.717, 1.165) is 22.3 Å². The third kappa shape index (κ3) is 4.05. The van der Waals surface area contributed by atoms with E-state index in [4.69, 9.17) is 0 Å². The van der Waals surface area contributed by atoms with Gasteiger partial charge in [0.25, 0.3) is 0 Å². The number of anilines is 2. The molecule has 0 amide bonds. The third-order valence-electron chi connectivity index (χ3n) is 3.32. The average Bonchev–Trinajstić information content (AvgIpc) is 2.45. The van der Waals surface area contributed by atoms with Crippen molar-refractivity contribution < 1.29 is 4.39 Å². The van der Waals surface area contributed by atoms with Crippen LogP contribution in [0.2, 0.25) is 0 Å². The maximum Gasteiger partial charge on any atom is 0.146 e. The molecule has 0 saturated heterocycles. The Hall–Kier alpha value is -1.39. The lowest BCUT2D eigenvalue weighted by Crippen LogP contribution is -2.23. The fourth-order valence-electron chi connectivity index (χ4n) is 2.19. The van der Waals surface area contributed by atoms with Gasteiger partial charge in [-0.3, -0.25) is 0 Å². The molecule has 0 spiro atoms. The number of para-hydroxylation sites is 1. The number of rotatable bonds is 5. The average molecular weight is 351 g/mol. The van der Waals surface area contributed by atoms with Crippen LogP contribution in [0.25, 0.3) is 0 Å². The zero-order valence-corrected chi connectivity index (χ0v) is 14.1. The lowest BCUT2D eigenvalue weighted by Gasteiger charge is -2.24. The van der Waals surface area contributed by atoms with Crippen LogP contribution in [0.1, 0.15) is 19.4 Å². The molecule has 2 aromatic rings. The Morgan fingerprint density at radius 1 is 1.14 bits per heavy atom. The van der Waals surface area contributed by atoms with Crippen LogP contribution in [-0.2, 0) is 6.54 Å². The van der Waals surface area contributed by atoms with Crippen LogP contribution in [0, 0.1) is 5.82 Å². The Balaban J connectivity index is 2.36. The Morgan fingerprint density at radius 2 is 1.86 bits per heavy atom. The topological polar surface area (TPSA) is 15.3 Å². The van der Waals surface area contributed by atoms with E-state index < -0.39 is 0 Å². The van der Waals surface area contributed by atoms with Gasteiger partial charge in [-0.05, 0) is 35.9 Å². The second-order valence-electron chi connectivity index (χ2n) is 5.32. The van der Waals surface area contributed by atoms with Gasteiger partial charge in [-0.1, -0.05) is 41.9 Å². The molecule has 0 aliphatic rings. The van der Waals surface area contributed by atoms with Gasteiger partial charge in [-0.25, -0.2) is 4.39 Å². The Labute approximate surface area is 134 Å². The van der Waals surface area contributed by atoms with Gasteiger partial charge in [0.05, 0.1) is 5.69 Å². The van der Waals surface area contributed by atoms with E-state index in [2.05, 4.69) is 41.2 Å². The van der Waals surface area contributed by atoms with Crippen molar-refractivity contribution in [2.75, 3.05) is 11.9 Å². The first-order chi connectivity index (χ1) is 9.99. The maximum absolute atomic E-state index is 14.0. The van der Waals surface area contributed by atoms with Crippen molar-refractivity contribution in [2.45, 2.75) is 26.4 Å². The molecule has 2 rings (SSSR count). The zero-order valence-electron chi connectivity index (χ0n) is 12.5. The Kier molecular flexibility index (Phi) is 5.37. The predicted molar refractivity (Wildman–Crippen MR) is 90.6 cm³/mol. The lowest BCUT2D eigenvalue weighted by molar-refractivity contribution is 0.588. The highest BCUT2D eigenvalue weighted by Crippen LogP contribution is 2.30. The molecule has 0 heterocycles. The van der Waals surface area contributed by atoms with Crippen molar-refractivity contribution in [3.8, 4) is 0 Å². The van der Waals surface area contributed by atoms with E-state index in [9.17, 15) is 4.39 Å². The smallest absolute Gasteiger partial charge is 0.146 e. The summed E-state index contributed by atoms with van der Waals surface area (Å²) in [6.45, 7) is 4.96. The fourth-order valence-corrected chi connectivity index (χ4v) is 2.60. The van der Waals surface area contributed by atoms with E-state index in [0.29, 0.717) is 11.7 Å². The summed E-state index contributed by atoms with van der Waals surface area (Å²) < 4.78 is 15.0. The molecule has 0 fully saturated rings. The van der Waals surface area contributed by atoms with Crippen LogP contribution in [0.5, 0.6) is 0 Å². The first-order valence-corrected chi connectivity index (χ1v) is 7.78. The van der Waals surface area contributed by atoms with E-state index >= 15 is 0 Å². The molecule has 112 valence electrons. The summed E-state index contributed by atoms with van der Waals surface area (Å²) in [7, 11) is 1.89. The molecule has 0 aliphatic heterocycles. The number of hydrogen-bond donors (Lipinski definition) is 1. The second kappa shape index (κ2) is 7.05. The molecule has 0 unspecified atom stereocenters. The Bertz CT molecular complexity index is 613. The molecule has 4 heteroatoms. The molecule has 2 nitrogen and oxygen atoms in total. The van der Waals surface area contributed by atoms with Crippen LogP contribution in [-0.4, -0.2) is 13.1 Å². The van der Waals surface area contributed by atoms with Crippen molar-refractivity contribution in [2.24, 2.45) is 0 Å². The summed E-state index contributed by atoms with van der Waals surface area (Å²) in [5.74, 6) is -0.217. The van der Waals surface area contributed by atoms with Crippen LogP contribution in [0.3, 0.4) is 0 Å². The SMILES string of the molecule is CC(C)NCc1cc(Br)ccc1N(C)c1ccccc1F. The number of halogens is 2. The van der Waals surface area contributed by atoms with Crippen molar-refractivity contribution in [1.29, 1.82) is 0 Å². The maximum atomic E-state index is 14.0. The highest BCUT2D eigenvalue weighted by Gasteiger charge is 2.13. The van der Waals surface area contributed by atoms with E-state index in [1.54, 1.807) is 12.1 Å². The Morgan fingerprint density at radius 3 is 2.52 bits per heavy atom. The molecule has 0 saturated carbocycles. The van der Waals surface area contributed by atoms with Crippen LogP contribution in [0.4, 0.5) is 15.8 Å². The molecule has 0 aromatic heterocycles. The normalized spacial score (nSPS) is 11.0. The van der Waals surface area contributed by atoms with Crippen LogP contribution >= 0.6 is 15.9 Å². The standard InChI is InChI=1S/C17H20BrFN2/c1-12(2)20-11-13-10-14(18)8-9-16(13)21(3)17-7-5-4-6-15(17)19/h4-10,12,20H,11H2,1-3H3. The zero-order chi connectivity index (χ0) is 15.4. The minimum Gasteiger partial charge on any atom is -0.342 e. The van der Waals surface area contributed by atoms with Gasteiger partial charge >= 0.3 is 0 Å². The van der Waals surface area contributed by atoms with Crippen LogP contribution < -0.4 is 10.2 Å². The number of nitrogens with one attached hydrogen (secondary N) is 1. The molecule has 1 N–H and O–H groups in total. The largest absolute Gasteiger partial charge is 0.342 e. The van der Waals surface area contributed by atoms with Crippen molar-refractivity contribution >= 4 is 27.3 Å². The van der Waals surface area contributed by atoms with E-state index in [-0.39, 0.29) is 5.82 Å². The minimum atomic E-state index is -0.217. The highest BCUT2D eigenvalue weighted by molar-refractivity contribution is 9.10. The fraction of sp³-hybridized carbons (Fsp3) is 0.294. The van der Waals surface area contributed by atoms with Gasteiger partial charge in [0.1, 0.15) is 5.82 Å². The molecule has 0 bridgehead atoms. The molecular formula is C17H20BrFN2. The molecule has 0 atom stereocenters. The minimum absolute atomic E-state index is 0.217. The van der Waals surface area contributed by atoms with E-state index in [1.165, 1.54) is 6.07 Å². The third-order valence-corrected chi connectivity index (χ3v) is 3.81. The van der Waals surface area contributed by atoms with Gasteiger partial charge in [0, 0.05) is 29.8 Å². The molecular weight excluding hydrogens is 331 g/mol.